The normalized spacial score (nSPS) is 11.1. The van der Waals surface area contributed by atoms with E-state index >= 15 is 0 Å². The van der Waals surface area contributed by atoms with Gasteiger partial charge in [-0.1, -0.05) is 27.5 Å². The molecular formula is C13H8BrClO4S. The predicted octanol–water partition coefficient (Wildman–Crippen LogP) is 3.68. The van der Waals surface area contributed by atoms with Crippen LogP contribution in [0.1, 0.15) is 10.4 Å². The highest BCUT2D eigenvalue weighted by atomic mass is 79.9. The van der Waals surface area contributed by atoms with Gasteiger partial charge in [-0.25, -0.2) is 0 Å². The Morgan fingerprint density at radius 2 is 1.75 bits per heavy atom. The molecule has 0 aliphatic rings. The van der Waals surface area contributed by atoms with Crippen molar-refractivity contribution in [2.45, 2.75) is 4.90 Å². The van der Waals surface area contributed by atoms with Crippen molar-refractivity contribution in [1.82, 2.24) is 0 Å². The summed E-state index contributed by atoms with van der Waals surface area (Å²) in [7, 11) is -4.01. The first-order chi connectivity index (χ1) is 9.42. The zero-order chi connectivity index (χ0) is 14.8. The van der Waals surface area contributed by atoms with Crippen LogP contribution in [0.4, 0.5) is 0 Å². The van der Waals surface area contributed by atoms with Gasteiger partial charge in [0.1, 0.15) is 4.90 Å². The van der Waals surface area contributed by atoms with E-state index in [0.29, 0.717) is 15.8 Å². The molecule has 0 saturated carbocycles. The first kappa shape index (κ1) is 15.0. The molecule has 0 saturated heterocycles. The fraction of sp³-hybridized carbons (Fsp3) is 0. The van der Waals surface area contributed by atoms with E-state index in [2.05, 4.69) is 15.9 Å². The van der Waals surface area contributed by atoms with E-state index in [1.165, 1.54) is 36.4 Å². The molecule has 104 valence electrons. The maximum Gasteiger partial charge on any atom is 0.339 e. The molecule has 0 spiro atoms. The van der Waals surface area contributed by atoms with Gasteiger partial charge in [0.25, 0.3) is 0 Å². The Morgan fingerprint density at radius 3 is 2.35 bits per heavy atom. The second kappa shape index (κ2) is 5.95. The summed E-state index contributed by atoms with van der Waals surface area (Å²) in [6.45, 7) is 0. The maximum absolute atomic E-state index is 12.1. The summed E-state index contributed by atoms with van der Waals surface area (Å²) in [4.78, 5) is 10.9. The lowest BCUT2D eigenvalue weighted by atomic mass is 10.2. The Bertz CT molecular complexity index is 741. The van der Waals surface area contributed by atoms with Crippen molar-refractivity contribution in [3.05, 3.63) is 57.5 Å². The average Bonchev–Trinajstić information content (AvgIpc) is 2.41. The Balaban J connectivity index is 2.38. The number of carbonyl (C=O) groups excluding carboxylic acids is 1. The smallest absolute Gasteiger partial charge is 0.339 e. The predicted molar refractivity (Wildman–Crippen MR) is 78.8 cm³/mol. The molecule has 0 N–H and O–H groups in total. The quantitative estimate of drug-likeness (QED) is 0.604. The number of halogens is 2. The van der Waals surface area contributed by atoms with Gasteiger partial charge in [0.15, 0.2) is 12.0 Å². The minimum Gasteiger partial charge on any atom is -0.378 e. The van der Waals surface area contributed by atoms with Crippen molar-refractivity contribution in [3.8, 4) is 5.75 Å². The van der Waals surface area contributed by atoms with Crippen molar-refractivity contribution in [1.29, 1.82) is 0 Å². The molecule has 20 heavy (non-hydrogen) atoms. The summed E-state index contributed by atoms with van der Waals surface area (Å²) in [6.07, 6.45) is 0.525. The number of carbonyl (C=O) groups is 1. The van der Waals surface area contributed by atoms with Crippen molar-refractivity contribution in [3.63, 3.8) is 0 Å². The third-order valence-electron chi connectivity index (χ3n) is 2.40. The highest BCUT2D eigenvalue weighted by Crippen LogP contribution is 2.25. The molecule has 0 aliphatic carbocycles. The van der Waals surface area contributed by atoms with Gasteiger partial charge >= 0.3 is 10.1 Å². The van der Waals surface area contributed by atoms with Crippen molar-refractivity contribution >= 4 is 43.9 Å². The molecule has 7 heteroatoms. The molecule has 0 aliphatic heterocycles. The summed E-state index contributed by atoms with van der Waals surface area (Å²) in [6, 6.07) is 10.0. The van der Waals surface area contributed by atoms with E-state index in [9.17, 15) is 13.2 Å². The van der Waals surface area contributed by atoms with E-state index < -0.39 is 10.1 Å². The van der Waals surface area contributed by atoms with Crippen LogP contribution in [0.5, 0.6) is 5.75 Å². The Labute approximate surface area is 129 Å². The third kappa shape index (κ3) is 3.39. The minimum atomic E-state index is -4.01. The van der Waals surface area contributed by atoms with Crippen molar-refractivity contribution in [2.24, 2.45) is 0 Å². The van der Waals surface area contributed by atoms with Gasteiger partial charge < -0.3 is 4.18 Å². The first-order valence-electron chi connectivity index (χ1n) is 5.37. The molecule has 0 bridgehead atoms. The fourth-order valence-corrected chi connectivity index (χ4v) is 2.91. The van der Waals surface area contributed by atoms with Crippen LogP contribution >= 0.6 is 27.5 Å². The topological polar surface area (TPSA) is 60.4 Å². The average molecular weight is 376 g/mol. The molecule has 0 aromatic heterocycles. The summed E-state index contributed by atoms with van der Waals surface area (Å²) >= 11 is 8.89. The molecule has 0 fully saturated rings. The van der Waals surface area contributed by atoms with Gasteiger partial charge in [-0.2, -0.15) is 8.42 Å². The van der Waals surface area contributed by atoms with Crippen LogP contribution < -0.4 is 4.18 Å². The highest BCUT2D eigenvalue weighted by molar-refractivity contribution is 9.10. The summed E-state index contributed by atoms with van der Waals surface area (Å²) in [5.41, 5.74) is 0.136. The Morgan fingerprint density at radius 1 is 1.10 bits per heavy atom. The number of rotatable bonds is 4. The molecular weight excluding hydrogens is 368 g/mol. The number of aldehydes is 1. The van der Waals surface area contributed by atoms with Crippen LogP contribution in [0.15, 0.2) is 51.8 Å². The summed E-state index contributed by atoms with van der Waals surface area (Å²) < 4.78 is 29.8. The van der Waals surface area contributed by atoms with E-state index in [1.807, 2.05) is 0 Å². The van der Waals surface area contributed by atoms with Gasteiger partial charge in [0.2, 0.25) is 0 Å². The Kier molecular flexibility index (Phi) is 4.47. The monoisotopic (exact) mass is 374 g/mol. The van der Waals surface area contributed by atoms with E-state index in [1.54, 1.807) is 6.07 Å². The lowest BCUT2D eigenvalue weighted by Gasteiger charge is -2.09. The van der Waals surface area contributed by atoms with Gasteiger partial charge in [-0.3, -0.25) is 4.79 Å². The second-order valence-electron chi connectivity index (χ2n) is 3.79. The number of hydrogen-bond acceptors (Lipinski definition) is 4. The maximum atomic E-state index is 12.1. The van der Waals surface area contributed by atoms with Gasteiger partial charge in [0.05, 0.1) is 5.56 Å². The first-order valence-corrected chi connectivity index (χ1v) is 7.95. The summed E-state index contributed by atoms with van der Waals surface area (Å²) in [5, 5.41) is 0.418. The van der Waals surface area contributed by atoms with Crippen molar-refractivity contribution in [2.75, 3.05) is 0 Å². The molecule has 0 atom stereocenters. The minimum absolute atomic E-state index is 0.0295. The van der Waals surface area contributed by atoms with Crippen LogP contribution in [0, 0.1) is 0 Å². The van der Waals surface area contributed by atoms with Gasteiger partial charge in [0, 0.05) is 9.50 Å². The molecule has 2 aromatic rings. The van der Waals surface area contributed by atoms with Crippen molar-refractivity contribution < 1.29 is 17.4 Å². The van der Waals surface area contributed by atoms with Gasteiger partial charge in [-0.05, 0) is 42.5 Å². The number of hydrogen-bond donors (Lipinski definition) is 0. The van der Waals surface area contributed by atoms with Gasteiger partial charge in [-0.15, -0.1) is 0 Å². The fourth-order valence-electron chi connectivity index (χ4n) is 1.45. The van der Waals surface area contributed by atoms with E-state index in [0.717, 1.165) is 0 Å². The largest absolute Gasteiger partial charge is 0.378 e. The zero-order valence-electron chi connectivity index (χ0n) is 9.92. The summed E-state index contributed by atoms with van der Waals surface area (Å²) in [5.74, 6) is -0.0295. The molecule has 0 heterocycles. The molecule has 2 aromatic carbocycles. The van der Waals surface area contributed by atoms with Crippen LogP contribution in [0.25, 0.3) is 0 Å². The van der Waals surface area contributed by atoms with E-state index in [4.69, 9.17) is 15.8 Å². The molecule has 2 rings (SSSR count). The van der Waals surface area contributed by atoms with Crippen LogP contribution in [-0.2, 0) is 10.1 Å². The third-order valence-corrected chi connectivity index (χ3v) is 4.39. The number of benzene rings is 2. The molecule has 0 unspecified atom stereocenters. The second-order valence-corrected chi connectivity index (χ2v) is 6.69. The zero-order valence-corrected chi connectivity index (χ0v) is 13.1. The molecule has 0 radical (unpaired) electrons. The van der Waals surface area contributed by atoms with Crippen LogP contribution in [0.3, 0.4) is 0 Å². The standard InChI is InChI=1S/C13H8BrClO4S/c14-10-1-6-13(9(7-10)8-16)19-20(17,18)12-4-2-11(15)3-5-12/h1-8H. The van der Waals surface area contributed by atoms with E-state index in [-0.39, 0.29) is 16.2 Å². The van der Waals surface area contributed by atoms with Crippen LogP contribution in [0.2, 0.25) is 5.02 Å². The molecule has 0 amide bonds. The molecule has 4 nitrogen and oxygen atoms in total. The lowest BCUT2D eigenvalue weighted by molar-refractivity contribution is 0.112. The van der Waals surface area contributed by atoms with Crippen LogP contribution in [-0.4, -0.2) is 14.7 Å². The highest BCUT2D eigenvalue weighted by Gasteiger charge is 2.18. The lowest BCUT2D eigenvalue weighted by Crippen LogP contribution is -2.10. The SMILES string of the molecule is O=Cc1cc(Br)ccc1OS(=O)(=O)c1ccc(Cl)cc1. The Hall–Kier alpha value is -1.37.